The molecule has 0 aliphatic heterocycles. The molecule has 0 aliphatic carbocycles. The van der Waals surface area contributed by atoms with Gasteiger partial charge in [-0.1, -0.05) is 41.1 Å². The molecule has 0 atom stereocenters. The summed E-state index contributed by atoms with van der Waals surface area (Å²) in [6, 6.07) is 9.75. The van der Waals surface area contributed by atoms with E-state index in [9.17, 15) is 0 Å². The fraction of sp³-hybridized carbons (Fsp3) is 0.111. The Morgan fingerprint density at radius 2 is 1.77 bits per heavy atom. The van der Waals surface area contributed by atoms with E-state index in [4.69, 9.17) is 11.6 Å². The van der Waals surface area contributed by atoms with Crippen molar-refractivity contribution in [1.82, 2.24) is 19.9 Å². The number of hydrogen-bond donors (Lipinski definition) is 2. The van der Waals surface area contributed by atoms with E-state index in [1.807, 2.05) is 12.1 Å². The third-order valence-electron chi connectivity index (χ3n) is 3.90. The largest absolute Gasteiger partial charge is 0.337 e. The lowest BCUT2D eigenvalue weighted by atomic mass is 10.1. The van der Waals surface area contributed by atoms with E-state index in [0.717, 1.165) is 21.3 Å². The van der Waals surface area contributed by atoms with Crippen molar-refractivity contribution in [2.24, 2.45) is 0 Å². The molecular weight excluding hydrogens is 368 g/mol. The molecule has 0 bridgehead atoms. The summed E-state index contributed by atoms with van der Waals surface area (Å²) in [7, 11) is 0. The second-order valence-electron chi connectivity index (χ2n) is 5.78. The molecule has 0 spiro atoms. The van der Waals surface area contributed by atoms with Crippen LogP contribution in [0, 0.1) is 13.8 Å². The van der Waals surface area contributed by atoms with Gasteiger partial charge in [0.15, 0.2) is 15.8 Å². The maximum absolute atomic E-state index is 5.83. The van der Waals surface area contributed by atoms with Gasteiger partial charge < -0.3 is 10.6 Å². The van der Waals surface area contributed by atoms with E-state index < -0.39 is 0 Å². The summed E-state index contributed by atoms with van der Waals surface area (Å²) < 4.78 is 0. The van der Waals surface area contributed by atoms with E-state index in [1.54, 1.807) is 12.3 Å². The van der Waals surface area contributed by atoms with Crippen molar-refractivity contribution >= 4 is 55.6 Å². The number of para-hydroxylation sites is 1. The van der Waals surface area contributed by atoms with Crippen LogP contribution in [0.2, 0.25) is 5.15 Å². The molecule has 1 aromatic carbocycles. The van der Waals surface area contributed by atoms with Crippen LogP contribution in [0.3, 0.4) is 0 Å². The summed E-state index contributed by atoms with van der Waals surface area (Å²) in [6.07, 6.45) is 3.17. The van der Waals surface area contributed by atoms with Crippen LogP contribution in [0.5, 0.6) is 0 Å². The first kappa shape index (κ1) is 16.7. The van der Waals surface area contributed by atoms with Gasteiger partial charge in [-0.15, -0.1) is 0 Å². The molecule has 4 aromatic rings. The number of rotatable bonds is 4. The van der Waals surface area contributed by atoms with Gasteiger partial charge in [0.05, 0.1) is 11.9 Å². The molecule has 8 heteroatoms. The van der Waals surface area contributed by atoms with Crippen LogP contribution in [0.25, 0.3) is 10.3 Å². The summed E-state index contributed by atoms with van der Waals surface area (Å²) in [5, 5.41) is 7.84. The average Bonchev–Trinajstić information content (AvgIpc) is 3.04. The molecule has 0 unspecified atom stereocenters. The lowest BCUT2D eigenvalue weighted by Gasteiger charge is -2.09. The second kappa shape index (κ2) is 6.86. The van der Waals surface area contributed by atoms with Crippen molar-refractivity contribution in [3.63, 3.8) is 0 Å². The fourth-order valence-corrected chi connectivity index (χ4v) is 3.53. The van der Waals surface area contributed by atoms with Gasteiger partial charge in [0.25, 0.3) is 0 Å². The van der Waals surface area contributed by atoms with Gasteiger partial charge in [-0.3, -0.25) is 0 Å². The molecule has 0 radical (unpaired) electrons. The summed E-state index contributed by atoms with van der Waals surface area (Å²) in [6.45, 7) is 4.14. The van der Waals surface area contributed by atoms with E-state index in [1.165, 1.54) is 28.8 Å². The van der Waals surface area contributed by atoms with Crippen LogP contribution in [-0.4, -0.2) is 19.9 Å². The van der Waals surface area contributed by atoms with Gasteiger partial charge in [0.2, 0.25) is 0 Å². The Labute approximate surface area is 159 Å². The SMILES string of the molecule is Cc1cccc(C)c1Nc1nc2c(Nc3ccc(Cl)nc3)ncnc2s1. The zero-order valence-corrected chi connectivity index (χ0v) is 15.7. The van der Waals surface area contributed by atoms with Crippen molar-refractivity contribution in [2.75, 3.05) is 10.6 Å². The van der Waals surface area contributed by atoms with Crippen molar-refractivity contribution in [3.8, 4) is 0 Å². The molecule has 4 rings (SSSR count). The Morgan fingerprint density at radius 1 is 0.962 bits per heavy atom. The van der Waals surface area contributed by atoms with E-state index in [0.29, 0.717) is 16.5 Å². The van der Waals surface area contributed by atoms with Gasteiger partial charge in [0, 0.05) is 5.69 Å². The second-order valence-corrected chi connectivity index (χ2v) is 7.15. The van der Waals surface area contributed by atoms with Gasteiger partial charge in [-0.2, -0.15) is 0 Å². The predicted molar refractivity (Wildman–Crippen MR) is 107 cm³/mol. The maximum Gasteiger partial charge on any atom is 0.189 e. The molecule has 0 fully saturated rings. The average molecular weight is 383 g/mol. The Hall–Kier alpha value is -2.77. The van der Waals surface area contributed by atoms with E-state index in [-0.39, 0.29) is 0 Å². The number of fused-ring (bicyclic) bond motifs is 1. The van der Waals surface area contributed by atoms with Crippen LogP contribution in [0.15, 0.2) is 42.9 Å². The van der Waals surface area contributed by atoms with Gasteiger partial charge in [-0.25, -0.2) is 19.9 Å². The highest BCUT2D eigenvalue weighted by molar-refractivity contribution is 7.21. The maximum atomic E-state index is 5.83. The number of aromatic nitrogens is 4. The minimum Gasteiger partial charge on any atom is -0.337 e. The normalized spacial score (nSPS) is 10.9. The van der Waals surface area contributed by atoms with Gasteiger partial charge in [0.1, 0.15) is 17.0 Å². The quantitative estimate of drug-likeness (QED) is 0.470. The molecule has 26 heavy (non-hydrogen) atoms. The Morgan fingerprint density at radius 3 is 2.50 bits per heavy atom. The summed E-state index contributed by atoms with van der Waals surface area (Å²) in [5.41, 5.74) is 4.89. The predicted octanol–water partition coefficient (Wildman–Crippen LogP) is 5.24. The van der Waals surface area contributed by atoms with Crippen LogP contribution in [0.4, 0.5) is 22.3 Å². The highest BCUT2D eigenvalue weighted by Crippen LogP contribution is 2.32. The monoisotopic (exact) mass is 382 g/mol. The highest BCUT2D eigenvalue weighted by Gasteiger charge is 2.12. The van der Waals surface area contributed by atoms with Crippen molar-refractivity contribution < 1.29 is 0 Å². The molecule has 3 heterocycles. The van der Waals surface area contributed by atoms with E-state index >= 15 is 0 Å². The van der Waals surface area contributed by atoms with Gasteiger partial charge in [-0.05, 0) is 37.1 Å². The van der Waals surface area contributed by atoms with Crippen molar-refractivity contribution in [3.05, 3.63) is 59.1 Å². The third-order valence-corrected chi connectivity index (χ3v) is 5.00. The third kappa shape index (κ3) is 3.31. The number of nitrogens with one attached hydrogen (secondary N) is 2. The zero-order chi connectivity index (χ0) is 18.1. The molecule has 3 aromatic heterocycles. The minimum absolute atomic E-state index is 0.442. The molecule has 6 nitrogen and oxygen atoms in total. The molecule has 2 N–H and O–H groups in total. The highest BCUT2D eigenvalue weighted by atomic mass is 35.5. The van der Waals surface area contributed by atoms with Crippen LogP contribution in [0.1, 0.15) is 11.1 Å². The number of hydrogen-bond acceptors (Lipinski definition) is 7. The Kier molecular flexibility index (Phi) is 4.40. The standard InChI is InChI=1S/C18H15ClN6S/c1-10-4-3-5-11(2)14(10)24-18-25-15-16(21-9-22-17(15)26-18)23-12-6-7-13(19)20-8-12/h3-9H,1-2H3,(H,24,25)(H,21,22,23). The lowest BCUT2D eigenvalue weighted by Crippen LogP contribution is -1.97. The fourth-order valence-electron chi connectivity index (χ4n) is 2.60. The first-order valence-electron chi connectivity index (χ1n) is 7.93. The smallest absolute Gasteiger partial charge is 0.189 e. The Bertz CT molecular complexity index is 1060. The first-order chi connectivity index (χ1) is 12.6. The number of anilines is 4. The number of nitrogens with zero attached hydrogens (tertiary/aromatic N) is 4. The number of halogens is 1. The molecule has 0 aliphatic rings. The number of thiazole rings is 1. The molecule has 0 amide bonds. The molecule has 130 valence electrons. The lowest BCUT2D eigenvalue weighted by molar-refractivity contribution is 1.21. The summed E-state index contributed by atoms with van der Waals surface area (Å²) in [4.78, 5) is 18.2. The first-order valence-corrected chi connectivity index (χ1v) is 9.13. The van der Waals surface area contributed by atoms with Crippen LogP contribution in [-0.2, 0) is 0 Å². The number of aryl methyl sites for hydroxylation is 2. The van der Waals surface area contributed by atoms with Crippen LogP contribution >= 0.6 is 22.9 Å². The number of benzene rings is 1. The molecular formula is C18H15ClN6S. The molecule has 0 saturated carbocycles. The van der Waals surface area contributed by atoms with E-state index in [2.05, 4.69) is 56.5 Å². The Balaban J connectivity index is 1.68. The summed E-state index contributed by atoms with van der Waals surface area (Å²) in [5.74, 6) is 0.630. The van der Waals surface area contributed by atoms with Crippen LogP contribution < -0.4 is 10.6 Å². The topological polar surface area (TPSA) is 75.6 Å². The summed E-state index contributed by atoms with van der Waals surface area (Å²) >= 11 is 7.32. The van der Waals surface area contributed by atoms with Crippen molar-refractivity contribution in [1.29, 1.82) is 0 Å². The number of pyridine rings is 1. The minimum atomic E-state index is 0.442. The van der Waals surface area contributed by atoms with Gasteiger partial charge >= 0.3 is 0 Å². The molecule has 0 saturated heterocycles. The zero-order valence-electron chi connectivity index (χ0n) is 14.1. The van der Waals surface area contributed by atoms with Crippen molar-refractivity contribution in [2.45, 2.75) is 13.8 Å².